The van der Waals surface area contributed by atoms with Crippen LogP contribution in [0.4, 0.5) is 5.69 Å². The number of carbonyl (C=O) groups excluding carboxylic acids is 2. The van der Waals surface area contributed by atoms with Gasteiger partial charge in [0.05, 0.1) is 0 Å². The van der Waals surface area contributed by atoms with E-state index in [9.17, 15) is 14.7 Å². The highest BCUT2D eigenvalue weighted by Crippen LogP contribution is 2.29. The summed E-state index contributed by atoms with van der Waals surface area (Å²) >= 11 is 0. The van der Waals surface area contributed by atoms with Crippen molar-refractivity contribution in [1.82, 2.24) is 4.90 Å². The predicted molar refractivity (Wildman–Crippen MR) is 121 cm³/mol. The molecule has 1 saturated heterocycles. The van der Waals surface area contributed by atoms with Crippen LogP contribution >= 0.6 is 0 Å². The summed E-state index contributed by atoms with van der Waals surface area (Å²) in [7, 11) is 0. The van der Waals surface area contributed by atoms with Crippen LogP contribution in [0.2, 0.25) is 0 Å². The summed E-state index contributed by atoms with van der Waals surface area (Å²) in [6, 6.07) is 16.8. The molecule has 4 rings (SSSR count). The number of esters is 1. The molecular weight excluding hydrogens is 392 g/mol. The second kappa shape index (κ2) is 8.68. The van der Waals surface area contributed by atoms with Crippen molar-refractivity contribution in [2.24, 2.45) is 0 Å². The molecule has 0 aliphatic carbocycles. The Hall–Kier alpha value is -3.54. The molecule has 0 aromatic heterocycles. The van der Waals surface area contributed by atoms with Crippen LogP contribution in [0.1, 0.15) is 21.5 Å². The molecule has 0 saturated carbocycles. The fraction of sp³-hybridized carbons (Fsp3) is 0.280. The molecule has 3 aromatic carbocycles. The lowest BCUT2D eigenvalue weighted by Gasteiger charge is -2.37. The van der Waals surface area contributed by atoms with Gasteiger partial charge in [-0.2, -0.15) is 0 Å². The number of phenolic OH excluding ortho intramolecular Hbond substituents is 1. The van der Waals surface area contributed by atoms with Crippen molar-refractivity contribution in [2.45, 2.75) is 13.8 Å². The summed E-state index contributed by atoms with van der Waals surface area (Å²) in [5, 5.41) is 11.8. The molecule has 160 valence electrons. The molecule has 0 unspecified atom stereocenters. The van der Waals surface area contributed by atoms with Crippen LogP contribution in [-0.4, -0.2) is 54.7 Å². The Morgan fingerprint density at radius 1 is 0.935 bits per heavy atom. The summed E-state index contributed by atoms with van der Waals surface area (Å²) in [4.78, 5) is 29.0. The smallest absolute Gasteiger partial charge is 0.342 e. The molecule has 3 aromatic rings. The molecule has 1 fully saturated rings. The molecule has 1 aliphatic heterocycles. The van der Waals surface area contributed by atoms with Crippen LogP contribution in [0.15, 0.2) is 54.6 Å². The molecule has 6 heteroatoms. The van der Waals surface area contributed by atoms with Crippen molar-refractivity contribution >= 4 is 28.3 Å². The predicted octanol–water partition coefficient (Wildman–Crippen LogP) is 3.67. The third-order valence-electron chi connectivity index (χ3n) is 6.00. The molecule has 0 atom stereocenters. The Bertz CT molecular complexity index is 1130. The lowest BCUT2D eigenvalue weighted by atomic mass is 10.1. The maximum Gasteiger partial charge on any atom is 0.342 e. The zero-order valence-electron chi connectivity index (χ0n) is 17.8. The third-order valence-corrected chi connectivity index (χ3v) is 6.00. The molecule has 31 heavy (non-hydrogen) atoms. The fourth-order valence-electron chi connectivity index (χ4n) is 3.99. The van der Waals surface area contributed by atoms with E-state index in [1.807, 2.05) is 12.1 Å². The number of amides is 1. The number of benzene rings is 3. The molecule has 0 bridgehead atoms. The zero-order chi connectivity index (χ0) is 22.0. The number of hydrogen-bond acceptors (Lipinski definition) is 5. The van der Waals surface area contributed by atoms with E-state index in [4.69, 9.17) is 4.74 Å². The maximum absolute atomic E-state index is 12.6. The van der Waals surface area contributed by atoms with Gasteiger partial charge in [0, 0.05) is 37.3 Å². The average molecular weight is 418 g/mol. The molecule has 1 aliphatic rings. The number of hydrogen-bond donors (Lipinski definition) is 1. The first-order valence-corrected chi connectivity index (χ1v) is 10.4. The highest BCUT2D eigenvalue weighted by molar-refractivity contribution is 6.01. The monoisotopic (exact) mass is 418 g/mol. The Morgan fingerprint density at radius 3 is 2.45 bits per heavy atom. The van der Waals surface area contributed by atoms with Crippen molar-refractivity contribution in [3.63, 3.8) is 0 Å². The number of nitrogens with zero attached hydrogens (tertiary/aromatic N) is 2. The van der Waals surface area contributed by atoms with E-state index >= 15 is 0 Å². The van der Waals surface area contributed by atoms with E-state index in [0.717, 1.165) is 18.5 Å². The van der Waals surface area contributed by atoms with Gasteiger partial charge in [-0.05, 0) is 42.5 Å². The minimum atomic E-state index is -0.703. The lowest BCUT2D eigenvalue weighted by Crippen LogP contribution is -2.50. The van der Waals surface area contributed by atoms with Crippen LogP contribution in [0.5, 0.6) is 5.75 Å². The number of carbonyl (C=O) groups is 2. The van der Waals surface area contributed by atoms with Gasteiger partial charge in [0.1, 0.15) is 11.3 Å². The standard InChI is InChI=1S/C25H26N2O4/c1-17-6-5-9-22(18(17)2)26-12-14-27(15-13-26)23(28)16-31-25(30)21-11-10-19-7-3-4-8-20(19)24(21)29/h3-11,29H,12-16H2,1-2H3. The summed E-state index contributed by atoms with van der Waals surface area (Å²) < 4.78 is 5.22. The SMILES string of the molecule is Cc1cccc(N2CCN(C(=O)COC(=O)c3ccc4ccccc4c3O)CC2)c1C. The second-order valence-electron chi connectivity index (χ2n) is 7.85. The van der Waals surface area contributed by atoms with Crippen molar-refractivity contribution in [1.29, 1.82) is 0 Å². The number of aryl methyl sites for hydroxylation is 1. The van der Waals surface area contributed by atoms with E-state index in [1.165, 1.54) is 22.9 Å². The lowest BCUT2D eigenvalue weighted by molar-refractivity contribution is -0.134. The van der Waals surface area contributed by atoms with Gasteiger partial charge in [-0.3, -0.25) is 4.79 Å². The molecule has 1 N–H and O–H groups in total. The number of ether oxygens (including phenoxy) is 1. The first kappa shape index (κ1) is 20.7. The molecule has 1 amide bonds. The number of phenols is 1. The largest absolute Gasteiger partial charge is 0.506 e. The van der Waals surface area contributed by atoms with E-state index in [-0.39, 0.29) is 23.8 Å². The number of piperazine rings is 1. The summed E-state index contributed by atoms with van der Waals surface area (Å²) in [5.74, 6) is -1.06. The van der Waals surface area contributed by atoms with Crippen LogP contribution in [-0.2, 0) is 9.53 Å². The van der Waals surface area contributed by atoms with Crippen LogP contribution in [0.25, 0.3) is 10.8 Å². The Kier molecular flexibility index (Phi) is 5.80. The molecule has 1 heterocycles. The fourth-order valence-corrected chi connectivity index (χ4v) is 3.99. The van der Waals surface area contributed by atoms with Crippen LogP contribution in [0, 0.1) is 13.8 Å². The third kappa shape index (κ3) is 4.19. The number of aromatic hydroxyl groups is 1. The van der Waals surface area contributed by atoms with E-state index in [2.05, 4.69) is 36.9 Å². The maximum atomic E-state index is 12.6. The Morgan fingerprint density at radius 2 is 1.68 bits per heavy atom. The molecular formula is C25H26N2O4. The van der Waals surface area contributed by atoms with Crippen molar-refractivity contribution < 1.29 is 19.4 Å². The first-order chi connectivity index (χ1) is 15.0. The summed E-state index contributed by atoms with van der Waals surface area (Å²) in [5.41, 5.74) is 3.77. The second-order valence-corrected chi connectivity index (χ2v) is 7.85. The van der Waals surface area contributed by atoms with Crippen molar-refractivity contribution in [3.05, 3.63) is 71.3 Å². The number of rotatable bonds is 4. The van der Waals surface area contributed by atoms with Crippen molar-refractivity contribution in [3.8, 4) is 5.75 Å². The Balaban J connectivity index is 1.34. The minimum absolute atomic E-state index is 0.0613. The molecule has 0 spiro atoms. The highest BCUT2D eigenvalue weighted by atomic mass is 16.5. The highest BCUT2D eigenvalue weighted by Gasteiger charge is 2.24. The average Bonchev–Trinajstić information content (AvgIpc) is 2.79. The van der Waals surface area contributed by atoms with Gasteiger partial charge in [0.2, 0.25) is 0 Å². The van der Waals surface area contributed by atoms with Gasteiger partial charge >= 0.3 is 5.97 Å². The zero-order valence-corrected chi connectivity index (χ0v) is 17.8. The number of anilines is 1. The van der Waals surface area contributed by atoms with Crippen LogP contribution in [0.3, 0.4) is 0 Å². The summed E-state index contributed by atoms with van der Waals surface area (Å²) in [6.07, 6.45) is 0. The summed E-state index contributed by atoms with van der Waals surface area (Å²) in [6.45, 7) is 6.49. The van der Waals surface area contributed by atoms with Crippen molar-refractivity contribution in [2.75, 3.05) is 37.7 Å². The van der Waals surface area contributed by atoms with E-state index in [1.54, 1.807) is 23.1 Å². The van der Waals surface area contributed by atoms with Gasteiger partial charge in [0.15, 0.2) is 6.61 Å². The number of fused-ring (bicyclic) bond motifs is 1. The van der Waals surface area contributed by atoms with Crippen LogP contribution < -0.4 is 4.90 Å². The topological polar surface area (TPSA) is 70.1 Å². The normalized spacial score (nSPS) is 14.0. The Labute approximate surface area is 181 Å². The van der Waals surface area contributed by atoms with Gasteiger partial charge in [0.25, 0.3) is 5.91 Å². The van der Waals surface area contributed by atoms with E-state index in [0.29, 0.717) is 18.5 Å². The first-order valence-electron chi connectivity index (χ1n) is 10.4. The van der Waals surface area contributed by atoms with E-state index < -0.39 is 5.97 Å². The quantitative estimate of drug-likeness (QED) is 0.655. The van der Waals surface area contributed by atoms with Gasteiger partial charge < -0.3 is 19.6 Å². The van der Waals surface area contributed by atoms with Gasteiger partial charge in [-0.15, -0.1) is 0 Å². The van der Waals surface area contributed by atoms with Gasteiger partial charge in [-0.25, -0.2) is 4.79 Å². The van der Waals surface area contributed by atoms with Gasteiger partial charge in [-0.1, -0.05) is 42.5 Å². The molecule has 6 nitrogen and oxygen atoms in total. The molecule has 0 radical (unpaired) electrons. The minimum Gasteiger partial charge on any atom is -0.506 e.